The van der Waals surface area contributed by atoms with Crippen molar-refractivity contribution >= 4 is 29.2 Å². The van der Waals surface area contributed by atoms with Crippen molar-refractivity contribution < 1.29 is 33.6 Å². The van der Waals surface area contributed by atoms with Crippen molar-refractivity contribution in [2.75, 3.05) is 33.3 Å². The molecule has 1 aliphatic rings. The highest BCUT2D eigenvalue weighted by Gasteiger charge is 2.27. The van der Waals surface area contributed by atoms with Gasteiger partial charge in [-0.3, -0.25) is 4.79 Å². The Morgan fingerprint density at radius 3 is 2.64 bits per heavy atom. The number of benzene rings is 2. The van der Waals surface area contributed by atoms with E-state index in [1.54, 1.807) is 61.8 Å². The van der Waals surface area contributed by atoms with Crippen molar-refractivity contribution in [3.8, 4) is 29.1 Å². The molecule has 1 aromatic heterocycles. The van der Waals surface area contributed by atoms with Crippen molar-refractivity contribution in [2.45, 2.75) is 6.10 Å². The molecule has 1 amide bonds. The van der Waals surface area contributed by atoms with Gasteiger partial charge in [-0.25, -0.2) is 4.79 Å². The largest absolute Gasteiger partial charge is 0.495 e. The smallest absolute Gasteiger partial charge is 0.343 e. The molecule has 0 saturated carbocycles. The van der Waals surface area contributed by atoms with Crippen LogP contribution in [0.15, 0.2) is 48.7 Å². The SMILES string of the molecule is COC(=O)COc1ccc(C(O)C#Cc2cccc3c2C(=Cc2[nH]ccc2OC)C(=O)N3)cc1OC. The average Bonchev–Trinajstić information content (AvgIpc) is 3.49. The normalized spacial score (nSPS) is 13.8. The molecule has 1 atom stereocenters. The number of carbonyl (C=O) groups excluding carboxylic acids is 2. The van der Waals surface area contributed by atoms with Crippen molar-refractivity contribution in [1.29, 1.82) is 0 Å². The molecule has 4 rings (SSSR count). The van der Waals surface area contributed by atoms with Crippen LogP contribution in [0, 0.1) is 11.8 Å². The van der Waals surface area contributed by atoms with Gasteiger partial charge in [-0.15, -0.1) is 0 Å². The van der Waals surface area contributed by atoms with Gasteiger partial charge in [-0.05, 0) is 42.0 Å². The first-order valence-electron chi connectivity index (χ1n) is 10.9. The number of aliphatic hydroxyl groups is 1. The van der Waals surface area contributed by atoms with E-state index in [0.717, 1.165) is 0 Å². The highest BCUT2D eigenvalue weighted by atomic mass is 16.6. The fourth-order valence-electron chi connectivity index (χ4n) is 3.69. The van der Waals surface area contributed by atoms with E-state index in [2.05, 4.69) is 26.9 Å². The summed E-state index contributed by atoms with van der Waals surface area (Å²) in [7, 11) is 4.27. The van der Waals surface area contributed by atoms with Gasteiger partial charge in [0.25, 0.3) is 5.91 Å². The summed E-state index contributed by atoms with van der Waals surface area (Å²) >= 11 is 0. The highest BCUT2D eigenvalue weighted by molar-refractivity contribution is 6.35. The van der Waals surface area contributed by atoms with Crippen LogP contribution in [0.1, 0.15) is 28.5 Å². The highest BCUT2D eigenvalue weighted by Crippen LogP contribution is 2.37. The molecule has 1 aliphatic heterocycles. The maximum Gasteiger partial charge on any atom is 0.343 e. The van der Waals surface area contributed by atoms with Gasteiger partial charge in [0.05, 0.1) is 38.3 Å². The molecule has 1 unspecified atom stereocenters. The molecule has 0 bridgehead atoms. The Balaban J connectivity index is 1.62. The van der Waals surface area contributed by atoms with E-state index in [9.17, 15) is 14.7 Å². The van der Waals surface area contributed by atoms with Crippen molar-refractivity contribution in [3.05, 3.63) is 71.0 Å². The number of nitrogens with one attached hydrogen (secondary N) is 2. The topological polar surface area (TPSA) is 119 Å². The van der Waals surface area contributed by atoms with Gasteiger partial charge in [-0.2, -0.15) is 0 Å². The number of aromatic nitrogens is 1. The summed E-state index contributed by atoms with van der Waals surface area (Å²) < 4.78 is 20.6. The second kappa shape index (κ2) is 10.7. The Morgan fingerprint density at radius 1 is 1.08 bits per heavy atom. The van der Waals surface area contributed by atoms with E-state index in [1.807, 2.05) is 0 Å². The minimum absolute atomic E-state index is 0.260. The Morgan fingerprint density at radius 2 is 1.89 bits per heavy atom. The maximum absolute atomic E-state index is 12.7. The van der Waals surface area contributed by atoms with Gasteiger partial charge in [0.15, 0.2) is 18.1 Å². The Labute approximate surface area is 207 Å². The third-order valence-corrected chi connectivity index (χ3v) is 5.49. The summed E-state index contributed by atoms with van der Waals surface area (Å²) in [6.07, 6.45) is 2.28. The molecule has 9 nitrogen and oxygen atoms in total. The molecule has 2 heterocycles. The molecule has 0 spiro atoms. The number of ether oxygens (including phenoxy) is 4. The average molecular weight is 488 g/mol. The summed E-state index contributed by atoms with van der Waals surface area (Å²) in [6, 6.07) is 11.9. The molecule has 184 valence electrons. The lowest BCUT2D eigenvalue weighted by atomic mass is 9.99. The van der Waals surface area contributed by atoms with Crippen LogP contribution < -0.4 is 19.5 Å². The number of esters is 1. The third kappa shape index (κ3) is 5.04. The number of hydrogen-bond acceptors (Lipinski definition) is 7. The standard InChI is InChI=1S/C27H24N2O7/c1-33-22-11-12-28-20(22)14-18-26-16(5-4-6-19(26)29-27(18)32)7-9-21(30)17-8-10-23(24(13-17)34-2)36-15-25(31)35-3/h4-6,8,10-14,21,28,30H,15H2,1-3H3,(H,29,32). The summed E-state index contributed by atoms with van der Waals surface area (Å²) in [6.45, 7) is -0.273. The third-order valence-electron chi connectivity index (χ3n) is 5.49. The van der Waals surface area contributed by atoms with Gasteiger partial charge in [0.1, 0.15) is 11.9 Å². The predicted molar refractivity (Wildman–Crippen MR) is 133 cm³/mol. The van der Waals surface area contributed by atoms with E-state index >= 15 is 0 Å². The zero-order valence-electron chi connectivity index (χ0n) is 19.9. The first-order valence-corrected chi connectivity index (χ1v) is 10.9. The van der Waals surface area contributed by atoms with Gasteiger partial charge in [-0.1, -0.05) is 24.0 Å². The number of anilines is 1. The van der Waals surface area contributed by atoms with Crippen LogP contribution >= 0.6 is 0 Å². The summed E-state index contributed by atoms with van der Waals surface area (Å²) in [5, 5.41) is 13.6. The monoisotopic (exact) mass is 488 g/mol. The molecule has 36 heavy (non-hydrogen) atoms. The van der Waals surface area contributed by atoms with Crippen LogP contribution in [-0.2, 0) is 14.3 Å². The zero-order valence-corrected chi connectivity index (χ0v) is 19.9. The molecule has 2 aromatic carbocycles. The molecule has 3 aromatic rings. The van der Waals surface area contributed by atoms with Crippen LogP contribution in [0.4, 0.5) is 5.69 Å². The molecule has 0 fully saturated rings. The van der Waals surface area contributed by atoms with E-state index in [-0.39, 0.29) is 12.5 Å². The first kappa shape index (κ1) is 24.4. The van der Waals surface area contributed by atoms with Crippen LogP contribution in [-0.4, -0.2) is 49.9 Å². The number of methoxy groups -OCH3 is 3. The second-order valence-electron chi connectivity index (χ2n) is 7.65. The Bertz CT molecular complexity index is 1390. The number of H-pyrrole nitrogens is 1. The number of carbonyl (C=O) groups is 2. The number of aromatic amines is 1. The second-order valence-corrected chi connectivity index (χ2v) is 7.65. The van der Waals surface area contributed by atoms with Gasteiger partial charge >= 0.3 is 5.97 Å². The van der Waals surface area contributed by atoms with E-state index in [0.29, 0.717) is 50.9 Å². The van der Waals surface area contributed by atoms with Crippen molar-refractivity contribution in [1.82, 2.24) is 4.98 Å². The van der Waals surface area contributed by atoms with Crippen LogP contribution in [0.5, 0.6) is 17.2 Å². The fraction of sp³-hybridized carbons (Fsp3) is 0.185. The summed E-state index contributed by atoms with van der Waals surface area (Å²) in [5.41, 5.74) is 3.40. The molecular formula is C27H24N2O7. The predicted octanol–water partition coefficient (Wildman–Crippen LogP) is 3.16. The van der Waals surface area contributed by atoms with Crippen molar-refractivity contribution in [2.24, 2.45) is 0 Å². The summed E-state index contributed by atoms with van der Waals surface area (Å²) in [5.74, 6) is 6.30. The number of hydrogen-bond donors (Lipinski definition) is 3. The summed E-state index contributed by atoms with van der Waals surface area (Å²) in [4.78, 5) is 27.1. The number of aliphatic hydroxyl groups excluding tert-OH is 1. The zero-order chi connectivity index (χ0) is 25.7. The van der Waals surface area contributed by atoms with Gasteiger partial charge < -0.3 is 34.4 Å². The lowest BCUT2D eigenvalue weighted by molar-refractivity contribution is -0.142. The van der Waals surface area contributed by atoms with Crippen LogP contribution in [0.25, 0.3) is 11.6 Å². The number of fused-ring (bicyclic) bond motifs is 1. The molecule has 3 N–H and O–H groups in total. The maximum atomic E-state index is 12.7. The Kier molecular flexibility index (Phi) is 7.28. The lowest BCUT2D eigenvalue weighted by Gasteiger charge is -2.12. The van der Waals surface area contributed by atoms with Gasteiger partial charge in [0.2, 0.25) is 0 Å². The molecule has 9 heteroatoms. The van der Waals surface area contributed by atoms with Gasteiger partial charge in [0, 0.05) is 17.3 Å². The molecule has 0 aliphatic carbocycles. The Hall–Kier alpha value is -4.68. The molecule has 0 radical (unpaired) electrons. The number of amides is 1. The van der Waals surface area contributed by atoms with Crippen molar-refractivity contribution in [3.63, 3.8) is 0 Å². The van der Waals surface area contributed by atoms with E-state index in [4.69, 9.17) is 14.2 Å². The molecule has 0 saturated heterocycles. The minimum Gasteiger partial charge on any atom is -0.495 e. The first-order chi connectivity index (χ1) is 17.4. The fourth-order valence-corrected chi connectivity index (χ4v) is 3.69. The minimum atomic E-state index is -1.15. The lowest BCUT2D eigenvalue weighted by Crippen LogP contribution is -2.13. The van der Waals surface area contributed by atoms with E-state index < -0.39 is 12.1 Å². The van der Waals surface area contributed by atoms with Crippen LogP contribution in [0.3, 0.4) is 0 Å². The quantitative estimate of drug-likeness (QED) is 0.266. The number of rotatable bonds is 7. The van der Waals surface area contributed by atoms with E-state index in [1.165, 1.54) is 14.2 Å². The van der Waals surface area contributed by atoms with Crippen LogP contribution in [0.2, 0.25) is 0 Å². The molecular weight excluding hydrogens is 464 g/mol.